The molecule has 536 valence electrons. The number of benzene rings is 1. The number of aliphatic hydroxyl groups excluding tert-OH is 2. The number of ether oxygens (including phenoxy) is 5. The molecule has 2 rings (SSSR count). The maximum Gasteiger partial charge on any atom is 0.408 e. The molecule has 29 heteroatoms. The van der Waals surface area contributed by atoms with Crippen molar-refractivity contribution in [3.05, 3.63) is 34.7 Å². The predicted molar refractivity (Wildman–Crippen MR) is 353 cm³/mol. The van der Waals surface area contributed by atoms with Crippen LogP contribution in [0.2, 0.25) is 0 Å². The number of hydrogen-bond acceptors (Lipinski definition) is 19. The van der Waals surface area contributed by atoms with Gasteiger partial charge in [0.05, 0.1) is 55.2 Å². The van der Waals surface area contributed by atoms with Gasteiger partial charge in [-0.15, -0.1) is 0 Å². The fraction of sp³-hybridized carbons (Fsp3) is 0.738. The van der Waals surface area contributed by atoms with E-state index in [4.69, 9.17) is 23.7 Å². The van der Waals surface area contributed by atoms with Crippen LogP contribution in [-0.2, 0) is 73.7 Å². The molecule has 0 spiro atoms. The Balaban J connectivity index is 2.52. The van der Waals surface area contributed by atoms with Gasteiger partial charge in [-0.25, -0.2) is 18.0 Å². The normalized spacial score (nSPS) is 16.2. The first kappa shape index (κ1) is 83.3. The van der Waals surface area contributed by atoms with Gasteiger partial charge in [-0.1, -0.05) is 48.1 Å². The summed E-state index contributed by atoms with van der Waals surface area (Å²) in [5.74, 6) is -7.88. The van der Waals surface area contributed by atoms with Crippen molar-refractivity contribution in [3.63, 3.8) is 0 Å². The van der Waals surface area contributed by atoms with Gasteiger partial charge in [-0.05, 0) is 182 Å². The molecular formula is C65H112N10O18S. The highest BCUT2D eigenvalue weighted by Gasteiger charge is 2.39. The van der Waals surface area contributed by atoms with Gasteiger partial charge in [0.15, 0.2) is 6.04 Å². The molecule has 1 aliphatic heterocycles. The molecule has 0 bridgehead atoms. The monoisotopic (exact) mass is 1350 g/mol. The third kappa shape index (κ3) is 28.2. The highest BCUT2D eigenvalue weighted by Crippen LogP contribution is 2.42. The highest BCUT2D eigenvalue weighted by atomic mass is 32.2. The van der Waals surface area contributed by atoms with E-state index in [9.17, 15) is 61.8 Å². The lowest BCUT2D eigenvalue weighted by molar-refractivity contribution is -0.149. The number of fused-ring (bicyclic) bond motifs is 1. The van der Waals surface area contributed by atoms with Crippen molar-refractivity contribution in [1.82, 2.24) is 52.6 Å². The van der Waals surface area contributed by atoms with Crippen LogP contribution in [0.15, 0.2) is 17.3 Å². The summed E-state index contributed by atoms with van der Waals surface area (Å²) >= 11 is 0. The minimum absolute atomic E-state index is 0.00636. The average Bonchev–Trinajstić information content (AvgIpc) is 0.747. The molecule has 0 aliphatic carbocycles. The van der Waals surface area contributed by atoms with Gasteiger partial charge in [-0.3, -0.25) is 38.3 Å². The highest BCUT2D eigenvalue weighted by molar-refractivity contribution is 7.89. The lowest BCUT2D eigenvalue weighted by atomic mass is 9.88. The van der Waals surface area contributed by atoms with E-state index in [1.807, 2.05) is 20.8 Å². The Kier molecular flexibility index (Phi) is 31.7. The molecule has 9 atom stereocenters. The number of rotatable bonds is 35. The zero-order valence-electron chi connectivity index (χ0n) is 59.5. The van der Waals surface area contributed by atoms with Gasteiger partial charge in [0.2, 0.25) is 41.4 Å². The first-order chi connectivity index (χ1) is 43.0. The molecule has 0 radical (unpaired) electrons. The van der Waals surface area contributed by atoms with E-state index in [1.165, 1.54) is 6.92 Å². The minimum atomic E-state index is -4.23. The lowest BCUT2D eigenvalue weighted by Gasteiger charge is -2.35. The minimum Gasteiger partial charge on any atom is -0.487 e. The Hall–Kier alpha value is -6.82. The third-order valence-corrected chi connectivity index (χ3v) is 16.5. The number of methoxy groups -OCH3 is 1. The summed E-state index contributed by atoms with van der Waals surface area (Å²) in [4.78, 5) is 124. The first-order valence-electron chi connectivity index (χ1n) is 32.1. The largest absolute Gasteiger partial charge is 0.487 e. The number of aliphatic hydroxyl groups is 2. The quantitative estimate of drug-likeness (QED) is 0.0343. The van der Waals surface area contributed by atoms with Crippen molar-refractivity contribution >= 4 is 63.4 Å². The Morgan fingerprint density at radius 3 is 1.60 bits per heavy atom. The second-order valence-electron chi connectivity index (χ2n) is 28.8. The number of nitrogens with one attached hydrogen (secondary N) is 10. The van der Waals surface area contributed by atoms with Crippen LogP contribution < -0.4 is 57.3 Å². The number of amides is 8. The molecule has 28 nitrogen and oxygen atoms in total. The maximum atomic E-state index is 14.7. The van der Waals surface area contributed by atoms with Crippen LogP contribution in [0.25, 0.3) is 0 Å². The van der Waals surface area contributed by atoms with E-state index in [-0.39, 0.29) is 68.0 Å². The fourth-order valence-corrected chi connectivity index (χ4v) is 11.3. The van der Waals surface area contributed by atoms with Gasteiger partial charge >= 0.3 is 12.1 Å². The van der Waals surface area contributed by atoms with Gasteiger partial charge in [-0.2, -0.15) is 0 Å². The summed E-state index contributed by atoms with van der Waals surface area (Å²) in [6.45, 7) is 38.3. The zero-order chi connectivity index (χ0) is 72.3. The SMILES string of the molecule is C=C(NCCC[C@@H](NC(=O)[C@H](CC(C)C)NC(=O)[C@@H](NC(=O)OC(C)(C)C)[C@H](O)C(C)C)C(=O)N[C@@H](CC(C)C)C(=O)N[C@H](C(=O)NCC(=O)N[C@@H](COC(C)(C)C)C(=O)N[C@@H](COC(C)(C)C)C(=O)OC)[C@H](C)O)NS(=O)(=O)c1c(C)c(C)c2c(c1C)CCC(C)(C)O2. The van der Waals surface area contributed by atoms with Crippen LogP contribution in [0.4, 0.5) is 4.79 Å². The summed E-state index contributed by atoms with van der Waals surface area (Å²) in [5.41, 5.74) is -0.382. The Bertz CT molecular complexity index is 2930. The standard InChI is InChI=1S/C65H112N10O18S/c1-34(2)29-44(71-59(84)50(51(78)36(5)6)74-61(86)93-64(18,19)20)55(80)69-43(25-24-28-66-41(11)75-94(87,88)53-38(8)37(7)52-42(39(53)9)26-27-65(21,22)92-52)54(79)70-45(30-35(3)4)56(81)73-49(40(10)76)58(83)67-31-48(77)68-46(32-90-62(12,13)14)57(82)72-47(60(85)89-23)33-91-63(15,16)17/h34-36,40,43-47,49-51,66,75-76,78H,11,24-33H2,1-10,12-23H3,(H,67,83)(H,68,77)(H,69,80)(H,70,79)(H,71,84)(H,72,82)(H,73,81)(H,74,86)/t40-,43+,44-,45-,46-,47-,49-,50-,51+/m0/s1. The van der Waals surface area contributed by atoms with Gasteiger partial charge < -0.3 is 81.7 Å². The third-order valence-electron chi connectivity index (χ3n) is 14.8. The first-order valence-corrected chi connectivity index (χ1v) is 33.6. The summed E-state index contributed by atoms with van der Waals surface area (Å²) in [6, 6.07) is -10.3. The zero-order valence-corrected chi connectivity index (χ0v) is 60.4. The molecule has 1 aromatic carbocycles. The number of hydrogen-bond donors (Lipinski definition) is 12. The number of alkyl carbamates (subject to hydrolysis) is 1. The summed E-state index contributed by atoms with van der Waals surface area (Å²) < 4.78 is 58.8. The second kappa shape index (κ2) is 35.8. The van der Waals surface area contributed by atoms with E-state index in [1.54, 1.807) is 118 Å². The molecule has 1 heterocycles. The van der Waals surface area contributed by atoms with E-state index in [0.717, 1.165) is 12.7 Å². The van der Waals surface area contributed by atoms with E-state index in [0.29, 0.717) is 35.3 Å². The van der Waals surface area contributed by atoms with E-state index < -0.39 is 153 Å². The molecule has 0 saturated heterocycles. The molecule has 0 unspecified atom stereocenters. The van der Waals surface area contributed by atoms with Crippen LogP contribution in [-0.4, -0.2) is 182 Å². The van der Waals surface area contributed by atoms with Crippen molar-refractivity contribution in [3.8, 4) is 5.75 Å². The summed E-state index contributed by atoms with van der Waals surface area (Å²) in [5, 5.41) is 45.3. The van der Waals surface area contributed by atoms with Gasteiger partial charge in [0.1, 0.15) is 59.0 Å². The van der Waals surface area contributed by atoms with Crippen LogP contribution in [0, 0.1) is 38.5 Å². The Morgan fingerprint density at radius 1 is 0.606 bits per heavy atom. The van der Waals surface area contributed by atoms with Gasteiger partial charge in [0, 0.05) is 6.54 Å². The molecule has 0 aromatic heterocycles. The van der Waals surface area contributed by atoms with Crippen molar-refractivity contribution in [2.75, 3.05) is 33.4 Å². The predicted octanol–water partition coefficient (Wildman–Crippen LogP) is 3.05. The van der Waals surface area contributed by atoms with Crippen molar-refractivity contribution in [1.29, 1.82) is 0 Å². The van der Waals surface area contributed by atoms with Crippen molar-refractivity contribution in [2.24, 2.45) is 17.8 Å². The molecule has 1 aromatic rings. The molecule has 0 saturated carbocycles. The molecule has 0 fully saturated rings. The lowest BCUT2D eigenvalue weighted by Crippen LogP contribution is -2.61. The van der Waals surface area contributed by atoms with Crippen LogP contribution >= 0.6 is 0 Å². The second-order valence-corrected chi connectivity index (χ2v) is 30.4. The number of carbonyl (C=O) groups is 9. The Labute approximate surface area is 556 Å². The summed E-state index contributed by atoms with van der Waals surface area (Å²) in [7, 11) is -3.10. The molecule has 8 amide bonds. The van der Waals surface area contributed by atoms with Crippen LogP contribution in [0.1, 0.15) is 179 Å². The topological polar surface area (TPSA) is 395 Å². The van der Waals surface area contributed by atoms with Crippen molar-refractivity contribution < 1.29 is 85.5 Å². The van der Waals surface area contributed by atoms with Crippen LogP contribution in [0.5, 0.6) is 5.75 Å². The average molecular weight is 1350 g/mol. The Morgan fingerprint density at radius 2 is 1.10 bits per heavy atom. The fourth-order valence-electron chi connectivity index (χ4n) is 9.77. The smallest absolute Gasteiger partial charge is 0.408 e. The molecule has 1 aliphatic rings. The van der Waals surface area contributed by atoms with Crippen LogP contribution in [0.3, 0.4) is 0 Å². The summed E-state index contributed by atoms with van der Waals surface area (Å²) in [6.07, 6.45) is -2.99. The maximum absolute atomic E-state index is 14.7. The number of sulfonamides is 1. The van der Waals surface area contributed by atoms with E-state index in [2.05, 4.69) is 59.2 Å². The van der Waals surface area contributed by atoms with E-state index >= 15 is 0 Å². The van der Waals surface area contributed by atoms with Gasteiger partial charge in [0.25, 0.3) is 10.0 Å². The molecule has 12 N–H and O–H groups in total. The number of esters is 1. The number of carbonyl (C=O) groups excluding carboxylic acids is 9. The molecule has 94 heavy (non-hydrogen) atoms. The molecular weight excluding hydrogens is 1240 g/mol. The van der Waals surface area contributed by atoms with Crippen molar-refractivity contribution in [2.45, 2.75) is 266 Å².